The van der Waals surface area contributed by atoms with Gasteiger partial charge in [-0.15, -0.1) is 0 Å². The summed E-state index contributed by atoms with van der Waals surface area (Å²) in [6.45, 7) is 4.13. The summed E-state index contributed by atoms with van der Waals surface area (Å²) < 4.78 is 36.4. The predicted octanol–water partition coefficient (Wildman–Crippen LogP) is 3.15. The first kappa shape index (κ1) is 13.6. The van der Waals surface area contributed by atoms with Crippen molar-refractivity contribution in [3.8, 4) is 0 Å². The lowest BCUT2D eigenvalue weighted by Crippen LogP contribution is -2.54. The van der Waals surface area contributed by atoms with Crippen molar-refractivity contribution in [1.82, 2.24) is 0 Å². The fraction of sp³-hybridized carbons (Fsp3) is 0.846. The van der Waals surface area contributed by atoms with Crippen LogP contribution in [0.1, 0.15) is 39.5 Å². The van der Waals surface area contributed by atoms with E-state index in [1.54, 1.807) is 0 Å². The SMILES string of the molecule is CC1(C)C2CCC(C(=O)CC(=O)C(F)(F)F)C1C2. The Morgan fingerprint density at radius 1 is 1.22 bits per heavy atom. The standard InChI is InChI=1S/C13H17F3O2/c1-12(2)7-3-4-8(9(12)5-7)10(17)6-11(18)13(14,15)16/h7-9H,3-6H2,1-2H3. The van der Waals surface area contributed by atoms with Gasteiger partial charge in [-0.05, 0) is 36.5 Å². The minimum atomic E-state index is -4.89. The third-order valence-electron chi connectivity index (χ3n) is 4.92. The maximum Gasteiger partial charge on any atom is 0.450 e. The van der Waals surface area contributed by atoms with E-state index < -0.39 is 24.2 Å². The van der Waals surface area contributed by atoms with Gasteiger partial charge in [0.2, 0.25) is 5.78 Å². The number of hydrogen-bond acceptors (Lipinski definition) is 2. The first-order valence-electron chi connectivity index (χ1n) is 6.26. The number of carbonyl (C=O) groups excluding carboxylic acids is 2. The molecule has 0 saturated heterocycles. The molecule has 3 unspecified atom stereocenters. The highest BCUT2D eigenvalue weighted by molar-refractivity contribution is 6.02. The van der Waals surface area contributed by atoms with E-state index in [0.717, 1.165) is 12.8 Å². The van der Waals surface area contributed by atoms with Gasteiger partial charge in [-0.25, -0.2) is 0 Å². The largest absolute Gasteiger partial charge is 0.450 e. The van der Waals surface area contributed by atoms with Gasteiger partial charge in [0.1, 0.15) is 5.78 Å². The molecule has 5 heteroatoms. The lowest BCUT2D eigenvalue weighted by Gasteiger charge is -2.59. The summed E-state index contributed by atoms with van der Waals surface area (Å²) in [4.78, 5) is 22.7. The van der Waals surface area contributed by atoms with Crippen LogP contribution in [0.5, 0.6) is 0 Å². The van der Waals surface area contributed by atoms with Crippen LogP contribution in [0.25, 0.3) is 0 Å². The van der Waals surface area contributed by atoms with E-state index in [2.05, 4.69) is 13.8 Å². The van der Waals surface area contributed by atoms with E-state index >= 15 is 0 Å². The van der Waals surface area contributed by atoms with Gasteiger partial charge in [-0.1, -0.05) is 13.8 Å². The van der Waals surface area contributed by atoms with Crippen molar-refractivity contribution < 1.29 is 22.8 Å². The van der Waals surface area contributed by atoms with E-state index in [9.17, 15) is 22.8 Å². The third kappa shape index (κ3) is 2.08. The normalized spacial score (nSPS) is 33.7. The molecule has 0 radical (unpaired) electrons. The monoisotopic (exact) mass is 262 g/mol. The van der Waals surface area contributed by atoms with Gasteiger partial charge in [0.15, 0.2) is 0 Å². The highest BCUT2D eigenvalue weighted by atomic mass is 19.4. The Morgan fingerprint density at radius 2 is 1.83 bits per heavy atom. The highest BCUT2D eigenvalue weighted by Gasteiger charge is 2.56. The maximum absolute atomic E-state index is 12.1. The molecule has 0 aromatic rings. The van der Waals surface area contributed by atoms with E-state index in [1.807, 2.05) is 0 Å². The molecule has 0 spiro atoms. The van der Waals surface area contributed by atoms with Crippen LogP contribution < -0.4 is 0 Å². The number of hydrogen-bond donors (Lipinski definition) is 0. The van der Waals surface area contributed by atoms with Gasteiger partial charge < -0.3 is 0 Å². The van der Waals surface area contributed by atoms with Crippen LogP contribution in [0, 0.1) is 23.2 Å². The van der Waals surface area contributed by atoms with Crippen molar-refractivity contribution in [3.63, 3.8) is 0 Å². The molecule has 102 valence electrons. The van der Waals surface area contributed by atoms with Gasteiger partial charge >= 0.3 is 6.18 Å². The lowest BCUT2D eigenvalue weighted by molar-refractivity contribution is -0.174. The summed E-state index contributed by atoms with van der Waals surface area (Å²) in [5.74, 6) is -2.04. The molecule has 0 aromatic heterocycles. The predicted molar refractivity (Wildman–Crippen MR) is 58.8 cm³/mol. The number of rotatable bonds is 3. The van der Waals surface area contributed by atoms with Gasteiger partial charge in [-0.2, -0.15) is 13.2 Å². The number of Topliss-reactive ketones (excluding diaryl/α,β-unsaturated/α-hetero) is 2. The van der Waals surface area contributed by atoms with Gasteiger partial charge in [0.25, 0.3) is 0 Å². The molecular weight excluding hydrogens is 245 g/mol. The fourth-order valence-corrected chi connectivity index (χ4v) is 3.59. The van der Waals surface area contributed by atoms with Crippen molar-refractivity contribution in [2.75, 3.05) is 0 Å². The zero-order valence-corrected chi connectivity index (χ0v) is 10.5. The lowest BCUT2D eigenvalue weighted by atomic mass is 9.45. The number of carbonyl (C=O) groups is 2. The van der Waals surface area contributed by atoms with E-state index in [4.69, 9.17) is 0 Å². The van der Waals surface area contributed by atoms with Gasteiger partial charge in [0.05, 0.1) is 6.42 Å². The Morgan fingerprint density at radius 3 is 2.28 bits per heavy atom. The quantitative estimate of drug-likeness (QED) is 0.732. The molecule has 0 aromatic carbocycles. The number of halogens is 3. The topological polar surface area (TPSA) is 34.1 Å². The zero-order valence-electron chi connectivity index (χ0n) is 10.5. The van der Waals surface area contributed by atoms with Crippen LogP contribution in [0.15, 0.2) is 0 Å². The van der Waals surface area contributed by atoms with Crippen molar-refractivity contribution >= 4 is 11.6 Å². The molecule has 3 fully saturated rings. The fourth-order valence-electron chi connectivity index (χ4n) is 3.59. The summed E-state index contributed by atoms with van der Waals surface area (Å²) in [6.07, 6.45) is -3.42. The molecule has 18 heavy (non-hydrogen) atoms. The van der Waals surface area contributed by atoms with E-state index in [1.165, 1.54) is 0 Å². The van der Waals surface area contributed by atoms with Crippen LogP contribution in [-0.2, 0) is 9.59 Å². The Labute approximate surface area is 104 Å². The van der Waals surface area contributed by atoms with Crippen LogP contribution in [0.4, 0.5) is 13.2 Å². The molecule has 3 aliphatic carbocycles. The van der Waals surface area contributed by atoms with Gasteiger partial charge in [-0.3, -0.25) is 9.59 Å². The van der Waals surface area contributed by atoms with Crippen molar-refractivity contribution in [2.24, 2.45) is 23.2 Å². The first-order valence-corrected chi connectivity index (χ1v) is 6.26. The molecule has 3 rings (SSSR count). The minimum absolute atomic E-state index is 0.0415. The number of fused-ring (bicyclic) bond motifs is 2. The molecule has 2 nitrogen and oxygen atoms in total. The summed E-state index contributed by atoms with van der Waals surface area (Å²) in [6, 6.07) is 0. The summed E-state index contributed by atoms with van der Waals surface area (Å²) in [5.41, 5.74) is 0.0415. The molecule has 3 aliphatic rings. The Kier molecular flexibility index (Phi) is 3.06. The molecule has 0 amide bonds. The Balaban J connectivity index is 2.00. The van der Waals surface area contributed by atoms with Crippen LogP contribution in [-0.4, -0.2) is 17.7 Å². The average molecular weight is 262 g/mol. The van der Waals surface area contributed by atoms with Crippen molar-refractivity contribution in [1.29, 1.82) is 0 Å². The summed E-state index contributed by atoms with van der Waals surface area (Å²) in [7, 11) is 0. The Bertz CT molecular complexity index is 382. The number of alkyl halides is 3. The third-order valence-corrected chi connectivity index (χ3v) is 4.92. The second-order valence-corrected chi connectivity index (χ2v) is 6.11. The Hall–Kier alpha value is -0.870. The second-order valence-electron chi connectivity index (χ2n) is 6.11. The molecule has 3 saturated carbocycles. The van der Waals surface area contributed by atoms with Crippen LogP contribution in [0.3, 0.4) is 0 Å². The minimum Gasteiger partial charge on any atom is -0.299 e. The first-order chi connectivity index (χ1) is 8.14. The zero-order chi connectivity index (χ0) is 13.7. The molecular formula is C13H17F3O2. The van der Waals surface area contributed by atoms with Gasteiger partial charge in [0, 0.05) is 5.92 Å². The molecule has 2 bridgehead atoms. The molecule has 3 atom stereocenters. The second kappa shape index (κ2) is 4.07. The smallest absolute Gasteiger partial charge is 0.299 e. The summed E-state index contributed by atoms with van der Waals surface area (Å²) >= 11 is 0. The van der Waals surface area contributed by atoms with E-state index in [-0.39, 0.29) is 17.3 Å². The van der Waals surface area contributed by atoms with Crippen molar-refractivity contribution in [2.45, 2.75) is 45.7 Å². The van der Waals surface area contributed by atoms with Crippen molar-refractivity contribution in [3.05, 3.63) is 0 Å². The highest BCUT2D eigenvalue weighted by Crippen LogP contribution is 2.61. The molecule has 0 aliphatic heterocycles. The molecule has 0 N–H and O–H groups in total. The number of ketones is 2. The maximum atomic E-state index is 12.1. The average Bonchev–Trinajstić information content (AvgIpc) is 2.27. The van der Waals surface area contributed by atoms with E-state index in [0.29, 0.717) is 12.3 Å². The van der Waals surface area contributed by atoms with Crippen LogP contribution in [0.2, 0.25) is 0 Å². The summed E-state index contributed by atoms with van der Waals surface area (Å²) in [5, 5.41) is 0. The van der Waals surface area contributed by atoms with Crippen LogP contribution >= 0.6 is 0 Å². The molecule has 0 heterocycles.